The number of rotatable bonds is 7. The summed E-state index contributed by atoms with van der Waals surface area (Å²) in [6.07, 6.45) is 1.66. The molecule has 138 valence electrons. The number of methoxy groups -OCH3 is 1. The lowest BCUT2D eigenvalue weighted by Gasteiger charge is -2.22. The molecule has 1 heterocycles. The minimum atomic E-state index is -0.195. The number of hydrogen-bond donors (Lipinski definition) is 0. The van der Waals surface area contributed by atoms with Crippen LogP contribution in [0.5, 0.6) is 11.5 Å². The molecule has 0 aliphatic heterocycles. The van der Waals surface area contributed by atoms with E-state index in [2.05, 4.69) is 4.98 Å². The Labute approximate surface area is 163 Å². The minimum Gasteiger partial charge on any atom is -0.497 e. The Bertz CT molecular complexity index is 868. The molecule has 0 radical (unpaired) electrons. The fourth-order valence-electron chi connectivity index (χ4n) is 2.48. The van der Waals surface area contributed by atoms with Crippen LogP contribution in [0.4, 0.5) is 5.82 Å². The fourth-order valence-corrected chi connectivity index (χ4v) is 2.60. The average molecular weight is 383 g/mol. The highest BCUT2D eigenvalue weighted by molar-refractivity contribution is 6.30. The number of pyridine rings is 1. The third kappa shape index (κ3) is 5.21. The van der Waals surface area contributed by atoms with E-state index in [1.165, 1.54) is 0 Å². The van der Waals surface area contributed by atoms with Gasteiger partial charge in [0.2, 0.25) is 0 Å². The highest BCUT2D eigenvalue weighted by Gasteiger charge is 2.18. The molecule has 0 unspecified atom stereocenters. The van der Waals surface area contributed by atoms with Gasteiger partial charge in [-0.1, -0.05) is 29.8 Å². The summed E-state index contributed by atoms with van der Waals surface area (Å²) in [5.41, 5.74) is 0.960. The van der Waals surface area contributed by atoms with Crippen LogP contribution < -0.4 is 14.4 Å². The molecule has 0 saturated heterocycles. The predicted molar refractivity (Wildman–Crippen MR) is 105 cm³/mol. The Morgan fingerprint density at radius 3 is 2.33 bits per heavy atom. The van der Waals surface area contributed by atoms with Crippen LogP contribution in [0.3, 0.4) is 0 Å². The van der Waals surface area contributed by atoms with Crippen LogP contribution in [0.1, 0.15) is 5.56 Å². The molecule has 0 saturated carbocycles. The number of halogens is 1. The largest absolute Gasteiger partial charge is 0.497 e. The molecule has 3 aromatic rings. The summed E-state index contributed by atoms with van der Waals surface area (Å²) in [4.78, 5) is 18.7. The number of amides is 1. The quantitative estimate of drug-likeness (QED) is 0.609. The van der Waals surface area contributed by atoms with Gasteiger partial charge in [-0.3, -0.25) is 9.69 Å². The number of carbonyl (C=O) groups is 1. The van der Waals surface area contributed by atoms with Gasteiger partial charge in [0.15, 0.2) is 6.61 Å². The second-order valence-corrected chi connectivity index (χ2v) is 6.19. The van der Waals surface area contributed by atoms with E-state index in [0.717, 1.165) is 11.3 Å². The van der Waals surface area contributed by atoms with Crippen molar-refractivity contribution < 1.29 is 14.3 Å². The molecule has 3 rings (SSSR count). The summed E-state index contributed by atoms with van der Waals surface area (Å²) < 4.78 is 10.8. The first kappa shape index (κ1) is 18.7. The van der Waals surface area contributed by atoms with Crippen LogP contribution in [0.15, 0.2) is 72.9 Å². The topological polar surface area (TPSA) is 51.7 Å². The molecule has 0 spiro atoms. The molecular weight excluding hydrogens is 364 g/mol. The zero-order valence-corrected chi connectivity index (χ0v) is 15.6. The number of ether oxygens (including phenoxy) is 2. The van der Waals surface area contributed by atoms with Crippen molar-refractivity contribution in [2.75, 3.05) is 18.6 Å². The van der Waals surface area contributed by atoms with Gasteiger partial charge in [0, 0.05) is 11.2 Å². The van der Waals surface area contributed by atoms with E-state index in [9.17, 15) is 4.79 Å². The Hall–Kier alpha value is -3.05. The smallest absolute Gasteiger partial charge is 0.266 e. The monoisotopic (exact) mass is 382 g/mol. The van der Waals surface area contributed by atoms with Crippen LogP contribution >= 0.6 is 11.6 Å². The molecule has 5 nitrogen and oxygen atoms in total. The molecular formula is C21H19ClN2O3. The molecule has 0 aliphatic carbocycles. The van der Waals surface area contributed by atoms with Gasteiger partial charge in [-0.25, -0.2) is 4.98 Å². The summed E-state index contributed by atoms with van der Waals surface area (Å²) in [5, 5.41) is 0.614. The second-order valence-electron chi connectivity index (χ2n) is 5.76. The molecule has 0 aliphatic rings. The van der Waals surface area contributed by atoms with Crippen molar-refractivity contribution in [3.05, 3.63) is 83.5 Å². The SMILES string of the molecule is COc1ccc(CN(C(=O)COc2ccc(Cl)cc2)c2ccccn2)cc1. The summed E-state index contributed by atoms with van der Waals surface area (Å²) in [6, 6.07) is 19.9. The number of nitrogens with zero attached hydrogens (tertiary/aromatic N) is 2. The lowest BCUT2D eigenvalue weighted by atomic mass is 10.2. The molecule has 2 aromatic carbocycles. The van der Waals surface area contributed by atoms with E-state index in [1.54, 1.807) is 48.5 Å². The fraction of sp³-hybridized carbons (Fsp3) is 0.143. The molecule has 27 heavy (non-hydrogen) atoms. The lowest BCUT2D eigenvalue weighted by molar-refractivity contribution is -0.120. The third-order valence-electron chi connectivity index (χ3n) is 3.90. The van der Waals surface area contributed by atoms with Crippen molar-refractivity contribution in [3.8, 4) is 11.5 Å². The maximum Gasteiger partial charge on any atom is 0.266 e. The zero-order chi connectivity index (χ0) is 19.1. The molecule has 1 amide bonds. The number of anilines is 1. The second kappa shape index (κ2) is 9.05. The Kier molecular flexibility index (Phi) is 6.28. The van der Waals surface area contributed by atoms with Crippen LogP contribution in [-0.4, -0.2) is 24.6 Å². The molecule has 6 heteroatoms. The van der Waals surface area contributed by atoms with Crippen LogP contribution in [0.2, 0.25) is 5.02 Å². The Balaban J connectivity index is 1.74. The van der Waals surface area contributed by atoms with E-state index in [1.807, 2.05) is 36.4 Å². The first-order valence-electron chi connectivity index (χ1n) is 8.38. The van der Waals surface area contributed by atoms with Crippen molar-refractivity contribution in [1.82, 2.24) is 4.98 Å². The normalized spacial score (nSPS) is 10.3. The van der Waals surface area contributed by atoms with E-state index >= 15 is 0 Å². The van der Waals surface area contributed by atoms with Crippen molar-refractivity contribution in [1.29, 1.82) is 0 Å². The van der Waals surface area contributed by atoms with Crippen molar-refractivity contribution in [2.24, 2.45) is 0 Å². The molecule has 0 bridgehead atoms. The van der Waals surface area contributed by atoms with Crippen LogP contribution in [-0.2, 0) is 11.3 Å². The van der Waals surface area contributed by atoms with E-state index in [4.69, 9.17) is 21.1 Å². The van der Waals surface area contributed by atoms with Crippen LogP contribution in [0.25, 0.3) is 0 Å². The molecule has 1 aromatic heterocycles. The van der Waals surface area contributed by atoms with Crippen molar-refractivity contribution in [3.63, 3.8) is 0 Å². The molecule has 0 atom stereocenters. The lowest BCUT2D eigenvalue weighted by Crippen LogP contribution is -2.35. The van der Waals surface area contributed by atoms with E-state index in [-0.39, 0.29) is 12.5 Å². The predicted octanol–water partition coefficient (Wildman–Crippen LogP) is 4.36. The van der Waals surface area contributed by atoms with Gasteiger partial charge in [0.1, 0.15) is 17.3 Å². The van der Waals surface area contributed by atoms with Gasteiger partial charge in [0.25, 0.3) is 5.91 Å². The van der Waals surface area contributed by atoms with Gasteiger partial charge < -0.3 is 9.47 Å². The highest BCUT2D eigenvalue weighted by Crippen LogP contribution is 2.19. The van der Waals surface area contributed by atoms with E-state index in [0.29, 0.717) is 23.1 Å². The van der Waals surface area contributed by atoms with Gasteiger partial charge in [-0.2, -0.15) is 0 Å². The highest BCUT2D eigenvalue weighted by atomic mass is 35.5. The maximum atomic E-state index is 12.8. The molecule has 0 fully saturated rings. The van der Waals surface area contributed by atoms with Crippen molar-refractivity contribution in [2.45, 2.75) is 6.54 Å². The first-order chi connectivity index (χ1) is 13.2. The summed E-state index contributed by atoms with van der Waals surface area (Å²) in [7, 11) is 1.62. The van der Waals surface area contributed by atoms with Gasteiger partial charge in [-0.15, -0.1) is 0 Å². The Morgan fingerprint density at radius 1 is 1.00 bits per heavy atom. The number of hydrogen-bond acceptors (Lipinski definition) is 4. The number of aromatic nitrogens is 1. The van der Waals surface area contributed by atoms with Crippen LogP contribution in [0, 0.1) is 0 Å². The summed E-state index contributed by atoms with van der Waals surface area (Å²) in [5.74, 6) is 1.72. The number of carbonyl (C=O) groups excluding carboxylic acids is 1. The summed E-state index contributed by atoms with van der Waals surface area (Å²) in [6.45, 7) is 0.276. The van der Waals surface area contributed by atoms with Gasteiger partial charge in [0.05, 0.1) is 13.7 Å². The number of benzene rings is 2. The van der Waals surface area contributed by atoms with Crippen molar-refractivity contribution >= 4 is 23.3 Å². The van der Waals surface area contributed by atoms with E-state index < -0.39 is 0 Å². The standard InChI is InChI=1S/C21H19ClN2O3/c1-26-18-9-5-16(6-10-18)14-24(20-4-2-3-13-23-20)21(25)15-27-19-11-7-17(22)8-12-19/h2-13H,14-15H2,1H3. The minimum absolute atomic E-state index is 0.103. The summed E-state index contributed by atoms with van der Waals surface area (Å²) >= 11 is 5.87. The molecule has 0 N–H and O–H groups in total. The maximum absolute atomic E-state index is 12.8. The van der Waals surface area contributed by atoms with Gasteiger partial charge in [-0.05, 0) is 54.1 Å². The third-order valence-corrected chi connectivity index (χ3v) is 4.15. The Morgan fingerprint density at radius 2 is 1.70 bits per heavy atom. The average Bonchev–Trinajstić information content (AvgIpc) is 2.72. The van der Waals surface area contributed by atoms with Gasteiger partial charge >= 0.3 is 0 Å². The zero-order valence-electron chi connectivity index (χ0n) is 14.8. The first-order valence-corrected chi connectivity index (χ1v) is 8.76.